The van der Waals surface area contributed by atoms with Crippen LogP contribution in [-0.2, 0) is 4.79 Å². The summed E-state index contributed by atoms with van der Waals surface area (Å²) >= 11 is 0. The highest BCUT2D eigenvalue weighted by atomic mass is 16.6. The molecule has 1 amide bonds. The number of Topliss-reactive ketones (excluding diaryl/α,β-unsaturated/α-hetero) is 1. The van der Waals surface area contributed by atoms with E-state index in [-0.39, 0.29) is 23.3 Å². The number of nitrogens with one attached hydrogen (secondary N) is 1. The van der Waals surface area contributed by atoms with Crippen LogP contribution in [0.1, 0.15) is 35.8 Å². The third-order valence-electron chi connectivity index (χ3n) is 4.85. The van der Waals surface area contributed by atoms with Crippen molar-refractivity contribution in [3.63, 3.8) is 0 Å². The van der Waals surface area contributed by atoms with Gasteiger partial charge in [-0.1, -0.05) is 6.07 Å². The van der Waals surface area contributed by atoms with Crippen LogP contribution in [0, 0.1) is 23.0 Å². The Bertz CT molecular complexity index is 928. The van der Waals surface area contributed by atoms with Gasteiger partial charge in [-0.2, -0.15) is 0 Å². The van der Waals surface area contributed by atoms with Gasteiger partial charge in [-0.3, -0.25) is 19.7 Å². The summed E-state index contributed by atoms with van der Waals surface area (Å²) in [5.74, 6) is -0.177. The van der Waals surface area contributed by atoms with Gasteiger partial charge in [0.15, 0.2) is 5.78 Å². The summed E-state index contributed by atoms with van der Waals surface area (Å²) in [4.78, 5) is 41.4. The van der Waals surface area contributed by atoms with Crippen molar-refractivity contribution in [2.75, 3.05) is 23.3 Å². The first-order chi connectivity index (χ1) is 13.3. The van der Waals surface area contributed by atoms with E-state index in [4.69, 9.17) is 0 Å². The minimum atomic E-state index is -0.484. The molecular weight excluding hydrogens is 360 g/mol. The predicted octanol–water partition coefficient (Wildman–Crippen LogP) is 3.36. The van der Waals surface area contributed by atoms with Crippen molar-refractivity contribution in [1.82, 2.24) is 4.98 Å². The molecule has 0 bridgehead atoms. The number of anilines is 2. The number of benzene rings is 1. The van der Waals surface area contributed by atoms with Crippen molar-refractivity contribution in [3.05, 3.63) is 57.8 Å². The molecule has 8 nitrogen and oxygen atoms in total. The zero-order valence-corrected chi connectivity index (χ0v) is 15.8. The Balaban J connectivity index is 1.78. The maximum absolute atomic E-state index is 12.7. The molecule has 1 N–H and O–H groups in total. The van der Waals surface area contributed by atoms with Crippen molar-refractivity contribution in [2.24, 2.45) is 5.92 Å². The minimum absolute atomic E-state index is 0.117. The number of amides is 1. The van der Waals surface area contributed by atoms with E-state index in [2.05, 4.69) is 10.3 Å². The van der Waals surface area contributed by atoms with Crippen molar-refractivity contribution < 1.29 is 14.5 Å². The first kappa shape index (κ1) is 19.5. The lowest BCUT2D eigenvalue weighted by molar-refractivity contribution is -0.384. The summed E-state index contributed by atoms with van der Waals surface area (Å²) < 4.78 is 0. The van der Waals surface area contributed by atoms with Crippen LogP contribution in [0.3, 0.4) is 0 Å². The third-order valence-corrected chi connectivity index (χ3v) is 4.85. The number of ketones is 1. The van der Waals surface area contributed by atoms with Crippen LogP contribution in [0.15, 0.2) is 36.4 Å². The van der Waals surface area contributed by atoms with E-state index in [9.17, 15) is 19.7 Å². The average molecular weight is 382 g/mol. The standard InChI is InChI=1S/C20H22N4O4/c1-13-5-3-7-19(21-13)22-20(26)16-6-4-10-23(12-16)17-9-8-15(14(2)25)11-18(17)24(27)28/h3,5,7-9,11,16H,4,6,10,12H2,1-2H3,(H,21,22,26). The van der Waals surface area contributed by atoms with E-state index in [1.807, 2.05) is 24.0 Å². The van der Waals surface area contributed by atoms with E-state index in [0.29, 0.717) is 36.6 Å². The molecule has 1 aromatic carbocycles. The van der Waals surface area contributed by atoms with E-state index in [1.165, 1.54) is 13.0 Å². The zero-order valence-electron chi connectivity index (χ0n) is 15.8. The Labute approximate surface area is 162 Å². The van der Waals surface area contributed by atoms with Crippen LogP contribution in [0.4, 0.5) is 17.2 Å². The van der Waals surface area contributed by atoms with E-state index >= 15 is 0 Å². The van der Waals surface area contributed by atoms with Crippen LogP contribution in [0.25, 0.3) is 0 Å². The molecular formula is C20H22N4O4. The summed E-state index contributed by atoms with van der Waals surface area (Å²) in [6.45, 7) is 4.21. The van der Waals surface area contributed by atoms with Crippen molar-refractivity contribution >= 4 is 28.9 Å². The summed E-state index contributed by atoms with van der Waals surface area (Å²) in [6, 6.07) is 9.89. The molecule has 2 aromatic rings. The molecule has 8 heteroatoms. The van der Waals surface area contributed by atoms with Gasteiger partial charge >= 0.3 is 0 Å². The van der Waals surface area contributed by atoms with Gasteiger partial charge in [0.1, 0.15) is 11.5 Å². The highest BCUT2D eigenvalue weighted by molar-refractivity contribution is 5.96. The number of hydrogen-bond donors (Lipinski definition) is 1. The van der Waals surface area contributed by atoms with Gasteiger partial charge in [0.05, 0.1) is 10.8 Å². The average Bonchev–Trinajstić information content (AvgIpc) is 2.67. The number of hydrogen-bond acceptors (Lipinski definition) is 6. The Kier molecular flexibility index (Phi) is 5.67. The number of nitro benzene ring substituents is 1. The van der Waals surface area contributed by atoms with Gasteiger partial charge in [0.25, 0.3) is 5.69 Å². The van der Waals surface area contributed by atoms with Gasteiger partial charge < -0.3 is 10.2 Å². The number of aromatic nitrogens is 1. The van der Waals surface area contributed by atoms with Gasteiger partial charge in [0.2, 0.25) is 5.91 Å². The molecule has 1 aliphatic rings. The summed E-state index contributed by atoms with van der Waals surface area (Å²) in [5, 5.41) is 14.3. The first-order valence-electron chi connectivity index (χ1n) is 9.14. The molecule has 1 aliphatic heterocycles. The number of pyridine rings is 1. The summed E-state index contributed by atoms with van der Waals surface area (Å²) in [6.07, 6.45) is 1.44. The van der Waals surface area contributed by atoms with Gasteiger partial charge in [-0.05, 0) is 51.0 Å². The Morgan fingerprint density at radius 3 is 2.75 bits per heavy atom. The number of nitrogens with zero attached hydrogens (tertiary/aromatic N) is 3. The second-order valence-electron chi connectivity index (χ2n) is 6.96. The molecule has 146 valence electrons. The molecule has 1 unspecified atom stereocenters. The third kappa shape index (κ3) is 4.33. The molecule has 1 atom stereocenters. The predicted molar refractivity (Wildman–Crippen MR) is 106 cm³/mol. The van der Waals surface area contributed by atoms with Gasteiger partial charge in [-0.15, -0.1) is 0 Å². The second kappa shape index (κ2) is 8.16. The molecule has 0 spiro atoms. The molecule has 1 saturated heterocycles. The van der Waals surface area contributed by atoms with Gasteiger partial charge in [0, 0.05) is 30.4 Å². The number of carbonyl (C=O) groups is 2. The molecule has 2 heterocycles. The number of rotatable bonds is 5. The lowest BCUT2D eigenvalue weighted by atomic mass is 9.96. The molecule has 0 radical (unpaired) electrons. The van der Waals surface area contributed by atoms with Crippen LogP contribution in [0.5, 0.6) is 0 Å². The van der Waals surface area contributed by atoms with E-state index < -0.39 is 4.92 Å². The fraction of sp³-hybridized carbons (Fsp3) is 0.350. The van der Waals surface area contributed by atoms with Crippen LogP contribution < -0.4 is 10.2 Å². The van der Waals surface area contributed by atoms with Crippen LogP contribution in [0.2, 0.25) is 0 Å². The maximum atomic E-state index is 12.7. The van der Waals surface area contributed by atoms with Crippen LogP contribution >= 0.6 is 0 Å². The van der Waals surface area contributed by atoms with Crippen molar-refractivity contribution in [3.8, 4) is 0 Å². The van der Waals surface area contributed by atoms with Crippen LogP contribution in [-0.4, -0.2) is 34.7 Å². The molecule has 0 saturated carbocycles. The lowest BCUT2D eigenvalue weighted by Crippen LogP contribution is -2.41. The fourth-order valence-corrected chi connectivity index (χ4v) is 3.41. The first-order valence-corrected chi connectivity index (χ1v) is 9.14. The number of carbonyl (C=O) groups excluding carboxylic acids is 2. The SMILES string of the molecule is CC(=O)c1ccc(N2CCCC(C(=O)Nc3cccc(C)n3)C2)c([N+](=O)[O-])c1. The zero-order chi connectivity index (χ0) is 20.3. The topological polar surface area (TPSA) is 105 Å². The highest BCUT2D eigenvalue weighted by Crippen LogP contribution is 2.33. The smallest absolute Gasteiger partial charge is 0.293 e. The Morgan fingerprint density at radius 1 is 1.29 bits per heavy atom. The highest BCUT2D eigenvalue weighted by Gasteiger charge is 2.30. The van der Waals surface area contributed by atoms with Gasteiger partial charge in [-0.25, -0.2) is 4.98 Å². The molecule has 1 fully saturated rings. The molecule has 3 rings (SSSR count). The second-order valence-corrected chi connectivity index (χ2v) is 6.96. The number of nitro groups is 1. The lowest BCUT2D eigenvalue weighted by Gasteiger charge is -2.33. The molecule has 28 heavy (non-hydrogen) atoms. The molecule has 0 aliphatic carbocycles. The van der Waals surface area contributed by atoms with E-state index in [0.717, 1.165) is 12.1 Å². The van der Waals surface area contributed by atoms with Crippen molar-refractivity contribution in [2.45, 2.75) is 26.7 Å². The van der Waals surface area contributed by atoms with E-state index in [1.54, 1.807) is 18.2 Å². The maximum Gasteiger partial charge on any atom is 0.293 e. The number of piperidine rings is 1. The fourth-order valence-electron chi connectivity index (χ4n) is 3.41. The molecule has 1 aromatic heterocycles. The largest absolute Gasteiger partial charge is 0.365 e. The minimum Gasteiger partial charge on any atom is -0.365 e. The Hall–Kier alpha value is -3.29. The normalized spacial score (nSPS) is 16.5. The number of aryl methyl sites for hydroxylation is 1. The summed E-state index contributed by atoms with van der Waals surface area (Å²) in [5.41, 5.74) is 1.42. The quantitative estimate of drug-likeness (QED) is 0.483. The Morgan fingerprint density at radius 2 is 2.07 bits per heavy atom. The summed E-state index contributed by atoms with van der Waals surface area (Å²) in [7, 11) is 0. The van der Waals surface area contributed by atoms with Crippen molar-refractivity contribution in [1.29, 1.82) is 0 Å². The monoisotopic (exact) mass is 382 g/mol.